The first-order valence-corrected chi connectivity index (χ1v) is 11.0. The molecule has 3 unspecified atom stereocenters. The van der Waals surface area contributed by atoms with Gasteiger partial charge in [0.2, 0.25) is 0 Å². The van der Waals surface area contributed by atoms with E-state index in [0.29, 0.717) is 40.5 Å². The highest BCUT2D eigenvalue weighted by molar-refractivity contribution is 6.01. The predicted molar refractivity (Wildman–Crippen MR) is 127 cm³/mol. The van der Waals surface area contributed by atoms with E-state index in [1.54, 1.807) is 32.4 Å². The summed E-state index contributed by atoms with van der Waals surface area (Å²) >= 11 is 0. The van der Waals surface area contributed by atoms with E-state index in [-0.39, 0.29) is 23.8 Å². The highest BCUT2D eigenvalue weighted by Crippen LogP contribution is 2.48. The lowest BCUT2D eigenvalue weighted by Crippen LogP contribution is -2.42. The number of allylic oxidation sites excluding steroid dienone is 2. The van der Waals surface area contributed by atoms with Crippen molar-refractivity contribution in [1.29, 1.82) is 0 Å². The van der Waals surface area contributed by atoms with Crippen molar-refractivity contribution in [3.05, 3.63) is 87.3 Å². The van der Waals surface area contributed by atoms with Crippen molar-refractivity contribution in [1.82, 2.24) is 5.32 Å². The summed E-state index contributed by atoms with van der Waals surface area (Å²) in [4.78, 5) is 37.2. The van der Waals surface area contributed by atoms with E-state index in [1.165, 1.54) is 19.2 Å². The number of non-ortho nitro benzene ring substituents is 1. The molecule has 35 heavy (non-hydrogen) atoms. The number of nitro groups is 1. The molecule has 182 valence electrons. The first-order valence-electron chi connectivity index (χ1n) is 11.0. The molecule has 0 bridgehead atoms. The molecule has 2 aromatic carbocycles. The second kappa shape index (κ2) is 9.61. The van der Waals surface area contributed by atoms with Crippen LogP contribution >= 0.6 is 0 Å². The molecule has 1 N–H and O–H groups in total. The van der Waals surface area contributed by atoms with Gasteiger partial charge in [0, 0.05) is 41.4 Å². The molecule has 1 heterocycles. The van der Waals surface area contributed by atoms with Crippen LogP contribution in [0.15, 0.2) is 66.0 Å². The van der Waals surface area contributed by atoms with Crippen molar-refractivity contribution in [3.8, 4) is 11.5 Å². The summed E-state index contributed by atoms with van der Waals surface area (Å²) in [5, 5.41) is 14.6. The van der Waals surface area contributed by atoms with Crippen LogP contribution in [-0.2, 0) is 14.3 Å². The molecule has 4 rings (SSSR count). The largest absolute Gasteiger partial charge is 0.493 e. The third kappa shape index (κ3) is 4.37. The topological polar surface area (TPSA) is 117 Å². The zero-order chi connectivity index (χ0) is 25.3. The van der Waals surface area contributed by atoms with Crippen molar-refractivity contribution in [2.24, 2.45) is 5.92 Å². The molecule has 9 heteroatoms. The number of benzene rings is 2. The molecule has 1 aliphatic heterocycles. The number of rotatable bonds is 6. The number of carbonyl (C=O) groups excluding carboxylic acids is 2. The lowest BCUT2D eigenvalue weighted by molar-refractivity contribution is -0.384. The summed E-state index contributed by atoms with van der Waals surface area (Å²) < 4.78 is 15.7. The van der Waals surface area contributed by atoms with E-state index < -0.39 is 22.7 Å². The number of ketones is 1. The molecule has 9 nitrogen and oxygen atoms in total. The van der Waals surface area contributed by atoms with Gasteiger partial charge in [-0.05, 0) is 35.6 Å². The summed E-state index contributed by atoms with van der Waals surface area (Å²) in [6, 6.07) is 11.6. The van der Waals surface area contributed by atoms with Crippen LogP contribution in [0.25, 0.3) is 0 Å². The maximum Gasteiger partial charge on any atom is 0.315 e. The van der Waals surface area contributed by atoms with Crippen molar-refractivity contribution < 1.29 is 28.7 Å². The molecule has 0 fully saturated rings. The number of ether oxygens (including phenoxy) is 3. The minimum absolute atomic E-state index is 0.121. The number of nitrogens with zero attached hydrogens (tertiary/aromatic N) is 1. The molecule has 0 aromatic heterocycles. The van der Waals surface area contributed by atoms with Gasteiger partial charge >= 0.3 is 5.97 Å². The number of methoxy groups -OCH3 is 3. The van der Waals surface area contributed by atoms with Gasteiger partial charge in [-0.25, -0.2) is 0 Å². The third-order valence-electron chi connectivity index (χ3n) is 6.61. The average molecular weight is 479 g/mol. The number of esters is 1. The summed E-state index contributed by atoms with van der Waals surface area (Å²) in [5.41, 5.74) is 2.75. The van der Waals surface area contributed by atoms with Crippen molar-refractivity contribution >= 4 is 17.4 Å². The summed E-state index contributed by atoms with van der Waals surface area (Å²) in [6.07, 6.45) is 0.705. The van der Waals surface area contributed by atoms with Crippen molar-refractivity contribution in [2.75, 3.05) is 21.3 Å². The summed E-state index contributed by atoms with van der Waals surface area (Å²) in [7, 11) is 4.37. The van der Waals surface area contributed by atoms with E-state index in [0.717, 1.165) is 5.56 Å². The van der Waals surface area contributed by atoms with Gasteiger partial charge in [-0.15, -0.1) is 0 Å². The minimum Gasteiger partial charge on any atom is -0.493 e. The number of hydrogen-bond acceptors (Lipinski definition) is 8. The van der Waals surface area contributed by atoms with Crippen LogP contribution in [0.1, 0.15) is 35.8 Å². The summed E-state index contributed by atoms with van der Waals surface area (Å²) in [6.45, 7) is 4.03. The highest BCUT2D eigenvalue weighted by atomic mass is 16.6. The Bertz CT molecular complexity index is 1250. The SMILES string of the molecule is C=C1NC2=C(C(=O)CC(c3ccc(OC)c(OC)c3)C2)C(c2cccc([N+](=O)[O-])c2)C1C(=O)OC. The molecule has 0 radical (unpaired) electrons. The first kappa shape index (κ1) is 24.0. The van der Waals surface area contributed by atoms with Gasteiger partial charge < -0.3 is 19.5 Å². The maximum atomic E-state index is 13.6. The number of nitrogens with one attached hydrogen (secondary N) is 1. The van der Waals surface area contributed by atoms with Crippen LogP contribution in [-0.4, -0.2) is 38.0 Å². The lowest BCUT2D eigenvalue weighted by atomic mass is 9.69. The van der Waals surface area contributed by atoms with Crippen molar-refractivity contribution in [2.45, 2.75) is 24.7 Å². The fraction of sp³-hybridized carbons (Fsp3) is 0.308. The molecule has 0 spiro atoms. The van der Waals surface area contributed by atoms with Crippen LogP contribution in [0.2, 0.25) is 0 Å². The van der Waals surface area contributed by atoms with Gasteiger partial charge in [0.05, 0.1) is 26.3 Å². The Morgan fingerprint density at radius 2 is 1.80 bits per heavy atom. The van der Waals surface area contributed by atoms with Gasteiger partial charge in [0.1, 0.15) is 5.92 Å². The van der Waals surface area contributed by atoms with E-state index in [9.17, 15) is 19.7 Å². The predicted octanol–water partition coefficient (Wildman–Crippen LogP) is 4.00. The number of hydrogen-bond donors (Lipinski definition) is 1. The fourth-order valence-electron chi connectivity index (χ4n) is 4.99. The van der Waals surface area contributed by atoms with Crippen LogP contribution in [0, 0.1) is 16.0 Å². The lowest BCUT2D eigenvalue weighted by Gasteiger charge is -2.40. The van der Waals surface area contributed by atoms with Gasteiger partial charge in [-0.2, -0.15) is 0 Å². The smallest absolute Gasteiger partial charge is 0.315 e. The van der Waals surface area contributed by atoms with Gasteiger partial charge in [0.25, 0.3) is 5.69 Å². The first-order chi connectivity index (χ1) is 16.8. The van der Waals surface area contributed by atoms with E-state index in [4.69, 9.17) is 14.2 Å². The van der Waals surface area contributed by atoms with E-state index in [1.807, 2.05) is 12.1 Å². The standard InChI is InChI=1S/C26H26N2O7/c1-14-23(26(30)35-4)24(16-6-5-7-18(10-16)28(31)32)25-19(27-14)11-17(12-20(25)29)15-8-9-21(33-2)22(13-15)34-3/h5-10,13,17,23-24,27H,1,11-12H2,2-4H3. The molecule has 3 atom stereocenters. The number of nitro benzene ring substituents is 1. The number of carbonyl (C=O) groups is 2. The highest BCUT2D eigenvalue weighted by Gasteiger charge is 2.45. The molecule has 1 aliphatic carbocycles. The molecular weight excluding hydrogens is 452 g/mol. The van der Waals surface area contributed by atoms with Crippen LogP contribution in [0.5, 0.6) is 11.5 Å². The van der Waals surface area contributed by atoms with Crippen LogP contribution in [0.3, 0.4) is 0 Å². The fourth-order valence-corrected chi connectivity index (χ4v) is 4.99. The minimum atomic E-state index is -0.901. The Balaban J connectivity index is 1.80. The molecule has 0 saturated heterocycles. The Morgan fingerprint density at radius 3 is 2.46 bits per heavy atom. The molecular formula is C26H26N2O7. The van der Waals surface area contributed by atoms with Gasteiger partial charge in [0.15, 0.2) is 17.3 Å². The molecule has 0 amide bonds. The van der Waals surface area contributed by atoms with Gasteiger partial charge in [-0.3, -0.25) is 19.7 Å². The van der Waals surface area contributed by atoms with Crippen LogP contribution in [0.4, 0.5) is 5.69 Å². The Kier molecular flexibility index (Phi) is 6.59. The molecule has 2 aliphatic rings. The Hall–Kier alpha value is -4.14. The Morgan fingerprint density at radius 1 is 1.06 bits per heavy atom. The number of Topliss-reactive ketones (excluding diaryl/α,β-unsaturated/α-hetero) is 1. The van der Waals surface area contributed by atoms with Gasteiger partial charge in [-0.1, -0.05) is 24.8 Å². The summed E-state index contributed by atoms with van der Waals surface area (Å²) in [5.74, 6) is -1.33. The second-order valence-electron chi connectivity index (χ2n) is 8.52. The average Bonchev–Trinajstić information content (AvgIpc) is 2.86. The maximum absolute atomic E-state index is 13.6. The molecule has 2 aromatic rings. The quantitative estimate of drug-likeness (QED) is 0.376. The normalized spacial score (nSPS) is 21.6. The monoisotopic (exact) mass is 478 g/mol. The second-order valence-corrected chi connectivity index (χ2v) is 8.52. The van der Waals surface area contributed by atoms with Crippen LogP contribution < -0.4 is 14.8 Å². The third-order valence-corrected chi connectivity index (χ3v) is 6.61. The van der Waals surface area contributed by atoms with E-state index >= 15 is 0 Å². The van der Waals surface area contributed by atoms with Crippen molar-refractivity contribution in [3.63, 3.8) is 0 Å². The zero-order valence-corrected chi connectivity index (χ0v) is 19.7. The molecule has 0 saturated carbocycles. The van der Waals surface area contributed by atoms with E-state index in [2.05, 4.69) is 11.9 Å². The zero-order valence-electron chi connectivity index (χ0n) is 19.7. The Labute approximate surface area is 202 Å².